The third kappa shape index (κ3) is 4.55. The highest BCUT2D eigenvalue weighted by Crippen LogP contribution is 2.67. The Morgan fingerprint density at radius 1 is 1.29 bits per heavy atom. The lowest BCUT2D eigenvalue weighted by atomic mass is 9.98. The van der Waals surface area contributed by atoms with E-state index < -0.39 is 29.6 Å². The van der Waals surface area contributed by atoms with Crippen LogP contribution in [0.4, 0.5) is 5.82 Å². The topological polar surface area (TPSA) is 162 Å². The molecule has 1 amide bonds. The highest BCUT2D eigenvalue weighted by molar-refractivity contribution is 6.30. The van der Waals surface area contributed by atoms with Gasteiger partial charge in [-0.2, -0.15) is 0 Å². The number of hydrogen-bond donors (Lipinski definition) is 5. The molecule has 5 N–H and O–H groups in total. The zero-order valence-electron chi connectivity index (χ0n) is 20.6. The maximum absolute atomic E-state index is 12.6. The summed E-state index contributed by atoms with van der Waals surface area (Å²) in [5.74, 6) is 4.97. The van der Waals surface area contributed by atoms with Crippen molar-refractivity contribution in [1.29, 1.82) is 0 Å². The number of hydrogen-bond acceptors (Lipinski definition) is 8. The first-order chi connectivity index (χ1) is 18.3. The number of halogens is 1. The summed E-state index contributed by atoms with van der Waals surface area (Å²) >= 11 is 6.12. The number of aliphatic hydroxyl groups excluding tert-OH is 2. The number of benzene rings is 1. The van der Waals surface area contributed by atoms with Gasteiger partial charge in [0.05, 0.1) is 23.9 Å². The Labute approximate surface area is 223 Å². The minimum absolute atomic E-state index is 0.0180. The molecule has 38 heavy (non-hydrogen) atoms. The SMILES string of the molecule is CNC(=O)[C@@]12CC1[C@@H](n1cnc3c(NCc4cccc(Cl)c4)nc(C#CCCCC(=O)O)nc31)[C@H](O)[C@@H]2O. The number of aliphatic carboxylic acids is 1. The number of anilines is 1. The molecule has 5 atom stereocenters. The van der Waals surface area contributed by atoms with Crippen LogP contribution in [0.2, 0.25) is 5.02 Å². The lowest BCUT2D eigenvalue weighted by molar-refractivity contribution is -0.137. The molecule has 2 aliphatic carbocycles. The van der Waals surface area contributed by atoms with Crippen molar-refractivity contribution < 1.29 is 24.9 Å². The minimum Gasteiger partial charge on any atom is -0.481 e. The van der Waals surface area contributed by atoms with Crippen LogP contribution in [0.3, 0.4) is 0 Å². The van der Waals surface area contributed by atoms with E-state index in [0.29, 0.717) is 47.8 Å². The van der Waals surface area contributed by atoms with Crippen LogP contribution in [0, 0.1) is 23.2 Å². The van der Waals surface area contributed by atoms with Crippen LogP contribution >= 0.6 is 11.6 Å². The second-order valence-corrected chi connectivity index (χ2v) is 10.0. The molecule has 1 aromatic carbocycles. The molecular weight excluding hydrogens is 512 g/mol. The first-order valence-corrected chi connectivity index (χ1v) is 12.7. The number of unbranched alkanes of at least 4 members (excludes halogenated alkanes) is 1. The fourth-order valence-corrected chi connectivity index (χ4v) is 5.62. The van der Waals surface area contributed by atoms with Crippen molar-refractivity contribution in [2.45, 2.75) is 50.5 Å². The van der Waals surface area contributed by atoms with Crippen LogP contribution in [0.5, 0.6) is 0 Å². The molecule has 0 aliphatic heterocycles. The predicted octanol–water partition coefficient (Wildman–Crippen LogP) is 1.73. The van der Waals surface area contributed by atoms with Crippen LogP contribution in [-0.2, 0) is 16.1 Å². The van der Waals surface area contributed by atoms with E-state index >= 15 is 0 Å². The molecule has 0 bridgehead atoms. The number of nitrogens with zero attached hydrogens (tertiary/aromatic N) is 4. The van der Waals surface area contributed by atoms with Gasteiger partial charge in [-0.25, -0.2) is 15.0 Å². The van der Waals surface area contributed by atoms with E-state index in [-0.39, 0.29) is 24.1 Å². The summed E-state index contributed by atoms with van der Waals surface area (Å²) in [4.78, 5) is 37.0. The number of carboxylic acid groups (broad SMARTS) is 1. The van der Waals surface area contributed by atoms with Crippen LogP contribution < -0.4 is 10.6 Å². The minimum atomic E-state index is -1.22. The summed E-state index contributed by atoms with van der Waals surface area (Å²) in [5.41, 5.74) is 0.735. The zero-order chi connectivity index (χ0) is 27.0. The number of carbonyl (C=O) groups is 2. The zero-order valence-corrected chi connectivity index (χ0v) is 21.3. The smallest absolute Gasteiger partial charge is 0.303 e. The number of amides is 1. The molecule has 1 unspecified atom stereocenters. The first kappa shape index (κ1) is 25.9. The molecule has 12 heteroatoms. The van der Waals surface area contributed by atoms with Crippen LogP contribution in [0.1, 0.15) is 43.1 Å². The molecular formula is C26H27ClN6O5. The van der Waals surface area contributed by atoms with E-state index in [2.05, 4.69) is 37.4 Å². The van der Waals surface area contributed by atoms with Crippen LogP contribution in [-0.4, -0.2) is 66.0 Å². The number of carbonyl (C=O) groups excluding carboxylic acids is 1. The van der Waals surface area contributed by atoms with Gasteiger partial charge in [0.15, 0.2) is 17.0 Å². The van der Waals surface area contributed by atoms with Gasteiger partial charge >= 0.3 is 5.97 Å². The quantitative estimate of drug-likeness (QED) is 0.212. The third-order valence-electron chi connectivity index (χ3n) is 7.31. The van der Waals surface area contributed by atoms with Gasteiger partial charge in [0.2, 0.25) is 11.7 Å². The van der Waals surface area contributed by atoms with E-state index in [9.17, 15) is 19.8 Å². The maximum atomic E-state index is 12.6. The normalized spacial score (nSPS) is 25.4. The van der Waals surface area contributed by atoms with Gasteiger partial charge in [0.25, 0.3) is 0 Å². The number of aromatic nitrogens is 4. The highest BCUT2D eigenvalue weighted by Gasteiger charge is 2.75. The van der Waals surface area contributed by atoms with E-state index in [1.807, 2.05) is 18.2 Å². The predicted molar refractivity (Wildman–Crippen MR) is 138 cm³/mol. The molecule has 198 valence electrons. The van der Waals surface area contributed by atoms with Gasteiger partial charge in [-0.15, -0.1) is 0 Å². The second kappa shape index (κ2) is 10.2. The lowest BCUT2D eigenvalue weighted by Gasteiger charge is -2.23. The largest absolute Gasteiger partial charge is 0.481 e. The summed E-state index contributed by atoms with van der Waals surface area (Å²) in [6.07, 6.45) is 0.353. The second-order valence-electron chi connectivity index (χ2n) is 9.61. The fourth-order valence-electron chi connectivity index (χ4n) is 5.40. The Morgan fingerprint density at radius 2 is 2.11 bits per heavy atom. The molecule has 0 spiro atoms. The van der Waals surface area contributed by atoms with Crippen molar-refractivity contribution in [3.05, 3.63) is 47.0 Å². The number of aliphatic hydroxyl groups is 2. The van der Waals surface area contributed by atoms with Gasteiger partial charge in [-0.3, -0.25) is 9.59 Å². The molecule has 0 radical (unpaired) electrons. The van der Waals surface area contributed by atoms with Crippen LogP contribution in [0.15, 0.2) is 30.6 Å². The monoisotopic (exact) mass is 538 g/mol. The first-order valence-electron chi connectivity index (χ1n) is 12.3. The van der Waals surface area contributed by atoms with Crippen LogP contribution in [0.25, 0.3) is 11.2 Å². The molecule has 0 saturated heterocycles. The maximum Gasteiger partial charge on any atom is 0.303 e. The number of rotatable bonds is 8. The van der Waals surface area contributed by atoms with E-state index in [1.165, 1.54) is 13.4 Å². The lowest BCUT2D eigenvalue weighted by Crippen LogP contribution is -2.41. The standard InChI is InChI=1S/C26H27ClN6O5/c1-28-25(38)26-11-16(26)20(21(36)22(26)37)33-13-30-19-23(29-12-14-6-5-7-15(27)10-14)31-17(32-24(19)33)8-3-2-4-9-18(34)35/h5-7,10,13,16,20-22,36-37H,2,4,9,11-12H2,1H3,(H,28,38)(H,34,35)(H,29,31,32)/t16?,20-,21+,22+,26+/m1/s1. The van der Waals surface area contributed by atoms with Gasteiger partial charge in [-0.1, -0.05) is 29.7 Å². The number of fused-ring (bicyclic) bond motifs is 2. The average Bonchev–Trinajstić information content (AvgIpc) is 3.43. The van der Waals surface area contributed by atoms with Crippen molar-refractivity contribution in [2.24, 2.45) is 11.3 Å². The third-order valence-corrected chi connectivity index (χ3v) is 7.54. The van der Waals surface area contributed by atoms with Crippen molar-refractivity contribution in [3.8, 4) is 11.8 Å². The van der Waals surface area contributed by atoms with E-state index in [0.717, 1.165) is 5.56 Å². The van der Waals surface area contributed by atoms with Gasteiger partial charge in [0, 0.05) is 37.4 Å². The van der Waals surface area contributed by atoms with Crippen molar-refractivity contribution in [2.75, 3.05) is 12.4 Å². The molecule has 2 aromatic heterocycles. The molecule has 2 fully saturated rings. The van der Waals surface area contributed by atoms with Crippen molar-refractivity contribution in [1.82, 2.24) is 24.8 Å². The van der Waals surface area contributed by atoms with E-state index in [1.54, 1.807) is 10.6 Å². The van der Waals surface area contributed by atoms with Gasteiger partial charge in [0.1, 0.15) is 6.10 Å². The van der Waals surface area contributed by atoms with Crippen molar-refractivity contribution >= 4 is 40.5 Å². The Kier molecular flexibility index (Phi) is 6.96. The van der Waals surface area contributed by atoms with Gasteiger partial charge in [-0.05, 0) is 36.5 Å². The summed E-state index contributed by atoms with van der Waals surface area (Å²) in [6, 6.07) is 6.76. The fraction of sp³-hybridized carbons (Fsp3) is 0.423. The highest BCUT2D eigenvalue weighted by atomic mass is 35.5. The summed E-state index contributed by atoms with van der Waals surface area (Å²) < 4.78 is 1.69. The Morgan fingerprint density at radius 3 is 2.84 bits per heavy atom. The number of imidazole rings is 1. The van der Waals surface area contributed by atoms with Crippen molar-refractivity contribution in [3.63, 3.8) is 0 Å². The molecule has 2 aliphatic rings. The summed E-state index contributed by atoms with van der Waals surface area (Å²) in [5, 5.41) is 37.0. The average molecular weight is 539 g/mol. The molecule has 5 rings (SSSR count). The Balaban J connectivity index is 1.50. The number of nitrogens with one attached hydrogen (secondary N) is 2. The Bertz CT molecular complexity index is 1470. The molecule has 2 saturated carbocycles. The van der Waals surface area contributed by atoms with E-state index in [4.69, 9.17) is 16.7 Å². The molecule has 2 heterocycles. The Hall–Kier alpha value is -3.72. The summed E-state index contributed by atoms with van der Waals surface area (Å²) in [6.45, 7) is 0.401. The number of carboxylic acids is 1. The summed E-state index contributed by atoms with van der Waals surface area (Å²) in [7, 11) is 1.51. The molecule has 3 aromatic rings. The molecule has 11 nitrogen and oxygen atoms in total. The van der Waals surface area contributed by atoms with Gasteiger partial charge < -0.3 is 30.5 Å².